The summed E-state index contributed by atoms with van der Waals surface area (Å²) < 4.78 is 5.55. The summed E-state index contributed by atoms with van der Waals surface area (Å²) in [6.07, 6.45) is 2.21. The summed E-state index contributed by atoms with van der Waals surface area (Å²) in [5.41, 5.74) is 1.36. The van der Waals surface area contributed by atoms with Gasteiger partial charge in [0.15, 0.2) is 5.88 Å². The zero-order valence-corrected chi connectivity index (χ0v) is 9.31. The van der Waals surface area contributed by atoms with E-state index < -0.39 is 0 Å². The first-order chi connectivity index (χ1) is 7.31. The molecule has 2 heteroatoms. The maximum Gasteiger partial charge on any atom is 0.185 e. The molecule has 1 aliphatic heterocycles. The highest BCUT2D eigenvalue weighted by molar-refractivity contribution is 5.27. The highest BCUT2D eigenvalue weighted by Gasteiger charge is 2.22. The van der Waals surface area contributed by atoms with Crippen molar-refractivity contribution >= 4 is 0 Å². The van der Waals surface area contributed by atoms with Crippen molar-refractivity contribution < 1.29 is 4.74 Å². The van der Waals surface area contributed by atoms with Crippen LogP contribution in [0.3, 0.4) is 0 Å². The number of rotatable bonds is 3. The van der Waals surface area contributed by atoms with Gasteiger partial charge in [-0.1, -0.05) is 30.3 Å². The summed E-state index contributed by atoms with van der Waals surface area (Å²) in [4.78, 5) is 2.17. The fraction of sp³-hybridized carbons (Fsp3) is 0.385. The van der Waals surface area contributed by atoms with E-state index in [9.17, 15) is 0 Å². The SMILES string of the molecule is CCOC1=CC(c2ccccc2)CN1C. The molecule has 0 saturated carbocycles. The monoisotopic (exact) mass is 203 g/mol. The Kier molecular flexibility index (Phi) is 2.95. The number of nitrogens with zero attached hydrogens (tertiary/aromatic N) is 1. The molecule has 1 aliphatic rings. The molecule has 1 unspecified atom stereocenters. The summed E-state index contributed by atoms with van der Waals surface area (Å²) in [5, 5.41) is 0. The van der Waals surface area contributed by atoms with Crippen LogP contribution in [0, 0.1) is 0 Å². The topological polar surface area (TPSA) is 12.5 Å². The Morgan fingerprint density at radius 3 is 2.73 bits per heavy atom. The van der Waals surface area contributed by atoms with Gasteiger partial charge >= 0.3 is 0 Å². The lowest BCUT2D eigenvalue weighted by atomic mass is 10.0. The molecule has 0 bridgehead atoms. The van der Waals surface area contributed by atoms with E-state index in [0.717, 1.165) is 19.0 Å². The van der Waals surface area contributed by atoms with E-state index in [4.69, 9.17) is 4.74 Å². The zero-order chi connectivity index (χ0) is 10.7. The Bertz CT molecular complexity index is 345. The van der Waals surface area contributed by atoms with Crippen molar-refractivity contribution in [2.75, 3.05) is 20.2 Å². The smallest absolute Gasteiger partial charge is 0.185 e. The van der Waals surface area contributed by atoms with Crippen LogP contribution in [-0.4, -0.2) is 25.1 Å². The number of benzene rings is 1. The number of ether oxygens (including phenoxy) is 1. The van der Waals surface area contributed by atoms with Crippen molar-refractivity contribution in [1.82, 2.24) is 4.90 Å². The lowest BCUT2D eigenvalue weighted by Crippen LogP contribution is -2.17. The maximum absolute atomic E-state index is 5.55. The van der Waals surface area contributed by atoms with Gasteiger partial charge in [-0.05, 0) is 18.6 Å². The molecule has 2 nitrogen and oxygen atoms in total. The van der Waals surface area contributed by atoms with Crippen LogP contribution in [0.15, 0.2) is 42.3 Å². The van der Waals surface area contributed by atoms with Crippen molar-refractivity contribution in [3.63, 3.8) is 0 Å². The third-order valence-electron chi connectivity index (χ3n) is 2.71. The highest BCUT2D eigenvalue weighted by Crippen LogP contribution is 2.27. The fourth-order valence-corrected chi connectivity index (χ4v) is 1.95. The molecule has 0 N–H and O–H groups in total. The summed E-state index contributed by atoms with van der Waals surface area (Å²) in [6, 6.07) is 10.6. The second kappa shape index (κ2) is 4.39. The molecule has 1 atom stereocenters. The molecule has 0 radical (unpaired) electrons. The van der Waals surface area contributed by atoms with E-state index >= 15 is 0 Å². The van der Waals surface area contributed by atoms with Gasteiger partial charge in [-0.15, -0.1) is 0 Å². The van der Waals surface area contributed by atoms with Gasteiger partial charge in [-0.25, -0.2) is 0 Å². The first kappa shape index (κ1) is 10.1. The normalized spacial score (nSPS) is 20.3. The van der Waals surface area contributed by atoms with E-state index in [2.05, 4.69) is 48.4 Å². The van der Waals surface area contributed by atoms with Gasteiger partial charge < -0.3 is 9.64 Å². The van der Waals surface area contributed by atoms with E-state index in [0.29, 0.717) is 5.92 Å². The molecule has 0 aliphatic carbocycles. The van der Waals surface area contributed by atoms with Gasteiger partial charge in [0, 0.05) is 19.5 Å². The quantitative estimate of drug-likeness (QED) is 0.748. The average molecular weight is 203 g/mol. The molecule has 15 heavy (non-hydrogen) atoms. The van der Waals surface area contributed by atoms with Crippen molar-refractivity contribution in [3.8, 4) is 0 Å². The maximum atomic E-state index is 5.55. The summed E-state index contributed by atoms with van der Waals surface area (Å²) in [5.74, 6) is 1.48. The van der Waals surface area contributed by atoms with Crippen molar-refractivity contribution in [1.29, 1.82) is 0 Å². The summed E-state index contributed by atoms with van der Waals surface area (Å²) in [6.45, 7) is 3.77. The van der Waals surface area contributed by atoms with Gasteiger partial charge in [-0.2, -0.15) is 0 Å². The van der Waals surface area contributed by atoms with Crippen LogP contribution >= 0.6 is 0 Å². The van der Waals surface area contributed by atoms with Gasteiger partial charge in [0.05, 0.1) is 6.61 Å². The van der Waals surface area contributed by atoms with Gasteiger partial charge in [0.25, 0.3) is 0 Å². The van der Waals surface area contributed by atoms with E-state index in [1.807, 2.05) is 6.92 Å². The minimum atomic E-state index is 0.470. The van der Waals surface area contributed by atoms with Crippen LogP contribution in [0.2, 0.25) is 0 Å². The Labute approximate surface area is 91.2 Å². The highest BCUT2D eigenvalue weighted by atomic mass is 16.5. The summed E-state index contributed by atoms with van der Waals surface area (Å²) >= 11 is 0. The molecule has 0 saturated heterocycles. The first-order valence-electron chi connectivity index (χ1n) is 5.42. The molecular formula is C13H17NO. The predicted octanol–water partition coefficient (Wildman–Crippen LogP) is 2.59. The second-order valence-corrected chi connectivity index (χ2v) is 3.84. The van der Waals surface area contributed by atoms with Crippen molar-refractivity contribution in [3.05, 3.63) is 47.9 Å². The third kappa shape index (κ3) is 2.14. The molecule has 0 fully saturated rings. The lowest BCUT2D eigenvalue weighted by molar-refractivity contribution is 0.150. The number of hydrogen-bond donors (Lipinski definition) is 0. The van der Waals surface area contributed by atoms with E-state index in [-0.39, 0.29) is 0 Å². The van der Waals surface area contributed by atoms with Crippen molar-refractivity contribution in [2.24, 2.45) is 0 Å². The second-order valence-electron chi connectivity index (χ2n) is 3.84. The van der Waals surface area contributed by atoms with Gasteiger partial charge in [0.2, 0.25) is 0 Å². The molecule has 1 aromatic carbocycles. The molecule has 1 heterocycles. The molecule has 2 rings (SSSR count). The zero-order valence-electron chi connectivity index (χ0n) is 9.31. The van der Waals surface area contributed by atoms with Crippen LogP contribution in [0.25, 0.3) is 0 Å². The molecule has 0 spiro atoms. The largest absolute Gasteiger partial charge is 0.480 e. The minimum absolute atomic E-state index is 0.470. The third-order valence-corrected chi connectivity index (χ3v) is 2.71. The number of hydrogen-bond acceptors (Lipinski definition) is 2. The molecule has 1 aromatic rings. The van der Waals surface area contributed by atoms with Crippen LogP contribution in [0.4, 0.5) is 0 Å². The number of likely N-dealkylation sites (N-methyl/N-ethyl adjacent to an activating group) is 1. The van der Waals surface area contributed by atoms with Crippen molar-refractivity contribution in [2.45, 2.75) is 12.8 Å². The van der Waals surface area contributed by atoms with Crippen LogP contribution < -0.4 is 0 Å². The van der Waals surface area contributed by atoms with Crippen LogP contribution in [-0.2, 0) is 4.74 Å². The molecular weight excluding hydrogens is 186 g/mol. The van der Waals surface area contributed by atoms with Gasteiger partial charge in [-0.3, -0.25) is 0 Å². The Morgan fingerprint density at radius 1 is 1.33 bits per heavy atom. The van der Waals surface area contributed by atoms with E-state index in [1.165, 1.54) is 5.56 Å². The first-order valence-corrected chi connectivity index (χ1v) is 5.42. The Morgan fingerprint density at radius 2 is 2.07 bits per heavy atom. The summed E-state index contributed by atoms with van der Waals surface area (Å²) in [7, 11) is 2.07. The molecule has 80 valence electrons. The minimum Gasteiger partial charge on any atom is -0.480 e. The fourth-order valence-electron chi connectivity index (χ4n) is 1.95. The molecule has 0 aromatic heterocycles. The molecule has 0 amide bonds. The Balaban J connectivity index is 2.14. The van der Waals surface area contributed by atoms with Crippen LogP contribution in [0.5, 0.6) is 0 Å². The van der Waals surface area contributed by atoms with Crippen LogP contribution in [0.1, 0.15) is 18.4 Å². The standard InChI is InChI=1S/C13H17NO/c1-3-15-13-9-12(10-14(13)2)11-7-5-4-6-8-11/h4-9,12H,3,10H2,1-2H3. The predicted molar refractivity (Wildman–Crippen MR) is 61.5 cm³/mol. The van der Waals surface area contributed by atoms with E-state index in [1.54, 1.807) is 0 Å². The lowest BCUT2D eigenvalue weighted by Gasteiger charge is -2.16. The average Bonchev–Trinajstić information content (AvgIpc) is 2.63. The Hall–Kier alpha value is -1.44. The van der Waals surface area contributed by atoms with Gasteiger partial charge in [0.1, 0.15) is 0 Å².